The summed E-state index contributed by atoms with van der Waals surface area (Å²) in [4.78, 5) is 23.9. The maximum atomic E-state index is 13.2. The van der Waals surface area contributed by atoms with Crippen LogP contribution in [0.4, 0.5) is 22.7 Å². The molecule has 1 aliphatic rings. The predicted octanol–water partition coefficient (Wildman–Crippen LogP) is -9.69. The summed E-state index contributed by atoms with van der Waals surface area (Å²) in [7, 11) is -15.7. The van der Waals surface area contributed by atoms with Crippen molar-refractivity contribution in [2.45, 2.75) is 16.7 Å². The number of allylic oxidation sites excluding steroid dienone is 1. The Labute approximate surface area is 404 Å². The van der Waals surface area contributed by atoms with Crippen LogP contribution in [0.3, 0.4) is 0 Å². The molecule has 55 heavy (non-hydrogen) atoms. The molecular formula is C28H17N5Na4O14S4. The Kier molecular flexibility index (Phi) is 24.9. The molecule has 5 rings (SSSR count). The molecule has 0 bridgehead atoms. The van der Waals surface area contributed by atoms with Crippen LogP contribution < -0.4 is 129 Å². The topological polar surface area (TPSA) is 312 Å². The third kappa shape index (κ3) is 17.3. The first kappa shape index (κ1) is 55.2. The summed E-state index contributed by atoms with van der Waals surface area (Å²) in [6, 6.07) is 17.3. The molecule has 0 aromatic heterocycles. The molecular weight excluding hydrogens is 851 g/mol. The van der Waals surface area contributed by atoms with Crippen LogP contribution in [0.5, 0.6) is 0 Å². The molecule has 0 unspecified atom stereocenters. The van der Waals surface area contributed by atoms with Gasteiger partial charge in [-0.25, -0.2) is 45.7 Å². The number of carbonyl (C=O) groups excluding carboxylic acids is 2. The van der Waals surface area contributed by atoms with Crippen LogP contribution >= 0.6 is 0 Å². The fraction of sp³-hybridized carbons (Fsp3) is 0.0357. The number of benzene rings is 4. The number of ketones is 1. The van der Waals surface area contributed by atoms with E-state index in [-0.39, 0.29) is 164 Å². The van der Waals surface area contributed by atoms with Gasteiger partial charge in [0.15, 0.2) is 0 Å². The fourth-order valence-corrected chi connectivity index (χ4v) is 5.10. The van der Waals surface area contributed by atoms with Gasteiger partial charge in [0, 0.05) is 17.7 Å². The Morgan fingerprint density at radius 2 is 1.27 bits per heavy atom. The second-order valence-electron chi connectivity index (χ2n) is 9.40. The van der Waals surface area contributed by atoms with E-state index in [0.29, 0.717) is 10.9 Å². The van der Waals surface area contributed by atoms with E-state index in [0.717, 1.165) is 24.3 Å². The molecule has 0 aliphatic heterocycles. The number of nitrogens with zero attached hydrogens (tertiary/aromatic N) is 3. The Balaban J connectivity index is 0. The number of nitrogens with one attached hydrogen (secondary N) is 2. The van der Waals surface area contributed by atoms with Gasteiger partial charge in [-0.2, -0.15) is 11.2 Å². The maximum absolute atomic E-state index is 13.2. The van der Waals surface area contributed by atoms with Crippen molar-refractivity contribution in [2.24, 2.45) is 15.3 Å². The van der Waals surface area contributed by atoms with Crippen molar-refractivity contribution in [3.05, 3.63) is 90.0 Å². The zero-order valence-corrected chi connectivity index (χ0v) is 40.4. The van der Waals surface area contributed by atoms with Crippen molar-refractivity contribution in [1.82, 2.24) is 0 Å². The maximum Gasteiger partial charge on any atom is 1.00 e. The molecule has 1 amide bonds. The van der Waals surface area contributed by atoms with Gasteiger partial charge in [0.05, 0.1) is 32.6 Å². The van der Waals surface area contributed by atoms with Crippen LogP contribution in [0.15, 0.2) is 91.9 Å². The fourth-order valence-electron chi connectivity index (χ4n) is 4.13. The van der Waals surface area contributed by atoms with Gasteiger partial charge in [0.2, 0.25) is 5.91 Å². The molecule has 0 spiro atoms. The average molecular weight is 868 g/mol. The van der Waals surface area contributed by atoms with E-state index in [1.807, 2.05) is 0 Å². The van der Waals surface area contributed by atoms with E-state index in [1.165, 1.54) is 49.4 Å². The van der Waals surface area contributed by atoms with E-state index in [9.17, 15) is 35.5 Å². The van der Waals surface area contributed by atoms with E-state index in [2.05, 4.69) is 38.2 Å². The van der Waals surface area contributed by atoms with Crippen LogP contribution in [-0.4, -0.2) is 68.6 Å². The quantitative estimate of drug-likeness (QED) is 0.0573. The smallest absolute Gasteiger partial charge is 0.744 e. The number of hydrazone groups is 1. The van der Waals surface area contributed by atoms with Gasteiger partial charge >= 0.3 is 139 Å². The first-order chi connectivity index (χ1) is 23.8. The Morgan fingerprint density at radius 3 is 1.80 bits per heavy atom. The molecule has 4 aromatic carbocycles. The number of amides is 1. The Morgan fingerprint density at radius 1 is 0.727 bits per heavy atom. The Bertz CT molecular complexity index is 2570. The van der Waals surface area contributed by atoms with E-state index < -0.39 is 57.0 Å². The van der Waals surface area contributed by atoms with Gasteiger partial charge in [0.1, 0.15) is 20.2 Å². The molecule has 19 nitrogen and oxygen atoms in total. The number of rotatable bonds is 7. The summed E-state index contributed by atoms with van der Waals surface area (Å²) in [5.74, 6) is -0.935. The molecule has 27 heteroatoms. The second kappa shape index (κ2) is 24.8. The SMILES string of the molecule is CC(=O)Nc1cc[c-]c2c1C(=O)C(=NNc1ccc(N=Nc3ccc(S(=O)(=O)[O-])cc3)c3ccc(S(=O)(=O)[O-])cc13)[C-]=C2.O=S(=O)=O.O=S(=O)=O.[Na+].[Na+].[Na+].[Na+]. The molecule has 0 fully saturated rings. The molecule has 0 radical (unpaired) electrons. The largest absolute Gasteiger partial charge is 1.00 e. The molecule has 1 aliphatic carbocycles. The molecule has 0 atom stereocenters. The molecule has 2 N–H and O–H groups in total. The zero-order valence-electron chi connectivity index (χ0n) is 29.1. The van der Waals surface area contributed by atoms with Crippen LogP contribution in [0.25, 0.3) is 16.8 Å². The van der Waals surface area contributed by atoms with Crippen molar-refractivity contribution in [2.75, 3.05) is 10.7 Å². The van der Waals surface area contributed by atoms with Crippen molar-refractivity contribution in [3.8, 4) is 0 Å². The van der Waals surface area contributed by atoms with E-state index in [1.54, 1.807) is 6.07 Å². The standard InChI is InChI=1S/C28H19N5O8S2.4Na.2O3S/c1-16(34)29-25-4-2-3-17-5-12-26(28(35)27(17)25)33-32-24-14-13-23(21-11-10-20(15-22(21)24)43(39,40)41)31-30-18-6-8-19(9-7-18)42(36,37)38;;;;;2*1-4(2)3/h2,4-11,13-15,32H,1H3,(H,29,34)(H,36,37,38)(H,39,40,41);;;;;;/q-2;4*+1;;/p-2. The summed E-state index contributed by atoms with van der Waals surface area (Å²) in [5.41, 5.74) is 4.08. The minimum Gasteiger partial charge on any atom is -0.744 e. The van der Waals surface area contributed by atoms with Crippen molar-refractivity contribution < 1.29 is 179 Å². The summed E-state index contributed by atoms with van der Waals surface area (Å²) >= 11 is 0. The van der Waals surface area contributed by atoms with Gasteiger partial charge in [-0.1, -0.05) is 11.8 Å². The molecule has 266 valence electrons. The van der Waals surface area contributed by atoms with Crippen molar-refractivity contribution in [1.29, 1.82) is 0 Å². The number of fused-ring (bicyclic) bond motifs is 2. The first-order valence-electron chi connectivity index (χ1n) is 13.1. The molecule has 0 saturated heterocycles. The van der Waals surface area contributed by atoms with Crippen LogP contribution in [0.2, 0.25) is 0 Å². The minimum atomic E-state index is -4.84. The minimum absolute atomic E-state index is 0. The molecule has 0 saturated carbocycles. The predicted molar refractivity (Wildman–Crippen MR) is 173 cm³/mol. The van der Waals surface area contributed by atoms with Gasteiger partial charge in [-0.3, -0.25) is 10.2 Å². The zero-order chi connectivity index (χ0) is 38.1. The van der Waals surface area contributed by atoms with Gasteiger partial charge in [0.25, 0.3) is 0 Å². The van der Waals surface area contributed by atoms with Gasteiger partial charge in [-0.15, -0.1) is 42.0 Å². The van der Waals surface area contributed by atoms with Gasteiger partial charge in [-0.05, 0) is 54.2 Å². The number of hydrogen-bond donors (Lipinski definition) is 2. The first-order valence-corrected chi connectivity index (χ1v) is 17.9. The summed E-state index contributed by atoms with van der Waals surface area (Å²) in [6.45, 7) is 1.30. The second-order valence-corrected chi connectivity index (χ2v) is 13.0. The van der Waals surface area contributed by atoms with Crippen LogP contribution in [-0.2, 0) is 46.2 Å². The van der Waals surface area contributed by atoms with Crippen LogP contribution in [0.1, 0.15) is 22.8 Å². The number of carbonyl (C=O) groups is 2. The summed E-state index contributed by atoms with van der Waals surface area (Å²) in [5, 5.41) is 15.5. The van der Waals surface area contributed by atoms with E-state index in [4.69, 9.17) is 25.3 Å². The third-order valence-electron chi connectivity index (χ3n) is 6.07. The number of Topliss-reactive ketones (excluding diaryl/α,β-unsaturated/α-hetero) is 1. The van der Waals surface area contributed by atoms with Gasteiger partial charge < -0.3 is 19.2 Å². The average Bonchev–Trinajstić information content (AvgIpc) is 3.02. The third-order valence-corrected chi connectivity index (χ3v) is 7.75. The normalized spacial score (nSPS) is 12.1. The monoisotopic (exact) mass is 867 g/mol. The van der Waals surface area contributed by atoms with E-state index >= 15 is 0 Å². The van der Waals surface area contributed by atoms with Crippen molar-refractivity contribution in [3.63, 3.8) is 0 Å². The van der Waals surface area contributed by atoms with Crippen molar-refractivity contribution >= 4 is 98.5 Å². The summed E-state index contributed by atoms with van der Waals surface area (Å²) < 4.78 is 119. The molecule has 0 heterocycles. The van der Waals surface area contributed by atoms with Crippen LogP contribution in [0, 0.1) is 12.1 Å². The Hall–Kier alpha value is -1.85. The number of azo groups is 1. The molecule has 4 aromatic rings. The number of hydrogen-bond acceptors (Lipinski definition) is 18. The summed E-state index contributed by atoms with van der Waals surface area (Å²) in [6.07, 6.45) is 4.23. The number of anilines is 2.